The fourth-order valence-corrected chi connectivity index (χ4v) is 4.99. The molecule has 0 bridgehead atoms. The largest absolute Gasteiger partial charge is 0.487 e. The Morgan fingerprint density at radius 1 is 1.18 bits per heavy atom. The van der Waals surface area contributed by atoms with E-state index in [1.165, 1.54) is 0 Å². The molecule has 2 aromatic carbocycles. The van der Waals surface area contributed by atoms with Crippen molar-refractivity contribution < 1.29 is 18.7 Å². The summed E-state index contributed by atoms with van der Waals surface area (Å²) in [6.45, 7) is 3.84. The molecule has 1 aliphatic carbocycles. The summed E-state index contributed by atoms with van der Waals surface area (Å²) in [5, 5.41) is 3.53. The number of carbonyl (C=O) groups excluding carboxylic acids is 1. The lowest BCUT2D eigenvalue weighted by molar-refractivity contribution is -0.118. The van der Waals surface area contributed by atoms with E-state index in [1.54, 1.807) is 0 Å². The van der Waals surface area contributed by atoms with Crippen molar-refractivity contribution in [2.75, 3.05) is 11.9 Å². The highest BCUT2D eigenvalue weighted by molar-refractivity contribution is 5.94. The van der Waals surface area contributed by atoms with Gasteiger partial charge in [0.2, 0.25) is 5.95 Å². The molecule has 8 nitrogen and oxygen atoms in total. The molecule has 0 saturated carbocycles. The number of hydrogen-bond donors (Lipinski definition) is 2. The van der Waals surface area contributed by atoms with Crippen molar-refractivity contribution in [1.29, 1.82) is 0 Å². The van der Waals surface area contributed by atoms with E-state index in [4.69, 9.17) is 13.9 Å². The number of nitrogens with one attached hydrogen (secondary N) is 2. The number of anilines is 1. The van der Waals surface area contributed by atoms with E-state index in [1.807, 2.05) is 44.2 Å². The number of para-hydroxylation sites is 2. The quantitative estimate of drug-likeness (QED) is 0.441. The minimum atomic E-state index is -0.347. The fraction of sp³-hybridized carbons (Fsp3) is 0.346. The van der Waals surface area contributed by atoms with Crippen LogP contribution in [0.5, 0.6) is 11.5 Å². The number of rotatable bonds is 4. The average Bonchev–Trinajstić information content (AvgIpc) is 3.43. The number of aromatic nitrogens is 2. The average molecular weight is 460 g/mol. The zero-order chi connectivity index (χ0) is 23.4. The molecule has 0 saturated heterocycles. The molecule has 0 unspecified atom stereocenters. The molecule has 3 heterocycles. The van der Waals surface area contributed by atoms with Gasteiger partial charge in [-0.05, 0) is 63.6 Å². The molecule has 0 radical (unpaired) electrons. The summed E-state index contributed by atoms with van der Waals surface area (Å²) in [4.78, 5) is 32.8. The summed E-state index contributed by atoms with van der Waals surface area (Å²) in [6, 6.07) is 9.39. The highest BCUT2D eigenvalue weighted by Gasteiger charge is 2.32. The first-order chi connectivity index (χ1) is 16.4. The standard InChI is InChI=1S/C26H25N3O5/c1-26(2)11-10-16-19(34-26)12-20(22-14-6-5-7-15(14)24(31)33-23(16)22)32-13-21(30)29-25-27-17-8-3-4-9-18(17)28-25/h3-4,8-9,12H,5-7,10-11,13H2,1-2H3,(H2,27,28,29,30). The number of H-pyrrole nitrogens is 1. The third kappa shape index (κ3) is 3.50. The van der Waals surface area contributed by atoms with Gasteiger partial charge < -0.3 is 18.9 Å². The summed E-state index contributed by atoms with van der Waals surface area (Å²) in [6.07, 6.45) is 3.93. The maximum absolute atomic E-state index is 12.7. The second kappa shape index (κ2) is 7.62. The van der Waals surface area contributed by atoms with Crippen molar-refractivity contribution in [1.82, 2.24) is 9.97 Å². The fourth-order valence-electron chi connectivity index (χ4n) is 4.99. The van der Waals surface area contributed by atoms with Crippen molar-refractivity contribution >= 4 is 33.9 Å². The summed E-state index contributed by atoms with van der Waals surface area (Å²) in [5.41, 5.74) is 4.06. The molecule has 34 heavy (non-hydrogen) atoms. The van der Waals surface area contributed by atoms with Crippen molar-refractivity contribution in [2.24, 2.45) is 0 Å². The minimum absolute atomic E-state index is 0.220. The first-order valence-electron chi connectivity index (χ1n) is 11.6. The van der Waals surface area contributed by atoms with Gasteiger partial charge in [0.15, 0.2) is 6.61 Å². The number of aromatic amines is 1. The molecular weight excluding hydrogens is 434 g/mol. The molecule has 6 rings (SSSR count). The summed E-state index contributed by atoms with van der Waals surface area (Å²) in [5.74, 6) is 1.15. The van der Waals surface area contributed by atoms with Crippen LogP contribution in [0, 0.1) is 0 Å². The van der Waals surface area contributed by atoms with Crippen LogP contribution in [0.1, 0.15) is 43.4 Å². The van der Waals surface area contributed by atoms with Gasteiger partial charge in [0, 0.05) is 17.2 Å². The number of carbonyl (C=O) groups is 1. The van der Waals surface area contributed by atoms with E-state index < -0.39 is 0 Å². The van der Waals surface area contributed by atoms with Crippen LogP contribution in [0.25, 0.3) is 22.0 Å². The van der Waals surface area contributed by atoms with Crippen molar-refractivity contribution in [3.63, 3.8) is 0 Å². The molecule has 2 N–H and O–H groups in total. The van der Waals surface area contributed by atoms with Crippen LogP contribution in [-0.4, -0.2) is 28.1 Å². The van der Waals surface area contributed by atoms with Crippen LogP contribution in [0.2, 0.25) is 0 Å². The van der Waals surface area contributed by atoms with E-state index in [0.29, 0.717) is 35.0 Å². The number of imidazole rings is 1. The van der Waals surface area contributed by atoms with Crippen LogP contribution in [0.15, 0.2) is 39.5 Å². The Labute approximate surface area is 195 Å². The van der Waals surface area contributed by atoms with Crippen LogP contribution < -0.4 is 20.4 Å². The number of aryl methyl sites for hydroxylation is 2. The smallest absolute Gasteiger partial charge is 0.339 e. The third-order valence-corrected chi connectivity index (χ3v) is 6.64. The maximum Gasteiger partial charge on any atom is 0.339 e. The molecule has 1 aliphatic heterocycles. The van der Waals surface area contributed by atoms with Crippen LogP contribution in [0.4, 0.5) is 5.95 Å². The molecule has 2 aliphatic rings. The molecule has 4 aromatic rings. The maximum atomic E-state index is 12.7. The molecule has 8 heteroatoms. The topological polar surface area (TPSA) is 106 Å². The Morgan fingerprint density at radius 2 is 2.00 bits per heavy atom. The first-order valence-corrected chi connectivity index (χ1v) is 11.6. The molecule has 0 atom stereocenters. The van der Waals surface area contributed by atoms with Gasteiger partial charge in [0.05, 0.1) is 16.4 Å². The predicted molar refractivity (Wildman–Crippen MR) is 128 cm³/mol. The van der Waals surface area contributed by atoms with E-state index in [0.717, 1.165) is 53.2 Å². The molecule has 1 amide bonds. The van der Waals surface area contributed by atoms with Gasteiger partial charge in [-0.15, -0.1) is 0 Å². The molecular formula is C26H25N3O5. The lowest BCUT2D eigenvalue weighted by Gasteiger charge is -2.33. The van der Waals surface area contributed by atoms with Gasteiger partial charge in [-0.3, -0.25) is 10.1 Å². The number of hydrogen-bond acceptors (Lipinski definition) is 6. The number of benzene rings is 2. The Bertz CT molecular complexity index is 1480. The van der Waals surface area contributed by atoms with Crippen LogP contribution >= 0.6 is 0 Å². The van der Waals surface area contributed by atoms with Crippen LogP contribution in [-0.2, 0) is 24.1 Å². The monoisotopic (exact) mass is 459 g/mol. The zero-order valence-corrected chi connectivity index (χ0v) is 19.1. The van der Waals surface area contributed by atoms with Gasteiger partial charge >= 0.3 is 5.63 Å². The Morgan fingerprint density at radius 3 is 2.85 bits per heavy atom. The molecule has 0 fully saturated rings. The highest BCUT2D eigenvalue weighted by Crippen LogP contribution is 2.44. The predicted octanol–water partition coefficient (Wildman–Crippen LogP) is 4.28. The van der Waals surface area contributed by atoms with Gasteiger partial charge in [0.1, 0.15) is 22.7 Å². The summed E-state index contributed by atoms with van der Waals surface area (Å²) >= 11 is 0. The van der Waals surface area contributed by atoms with Crippen LogP contribution in [0.3, 0.4) is 0 Å². The van der Waals surface area contributed by atoms with Gasteiger partial charge in [0.25, 0.3) is 5.91 Å². The molecule has 2 aromatic heterocycles. The van der Waals surface area contributed by atoms with E-state index in [9.17, 15) is 9.59 Å². The minimum Gasteiger partial charge on any atom is -0.487 e. The van der Waals surface area contributed by atoms with E-state index in [-0.39, 0.29) is 23.7 Å². The van der Waals surface area contributed by atoms with E-state index in [2.05, 4.69) is 15.3 Å². The third-order valence-electron chi connectivity index (χ3n) is 6.64. The normalized spacial score (nSPS) is 16.2. The first kappa shape index (κ1) is 20.8. The molecule has 174 valence electrons. The van der Waals surface area contributed by atoms with Gasteiger partial charge in [-0.2, -0.15) is 0 Å². The summed E-state index contributed by atoms with van der Waals surface area (Å²) in [7, 11) is 0. The SMILES string of the molecule is CC1(C)CCc2c(cc(OCC(=O)Nc3nc4ccccc4[nH]3)c3c4c(c(=O)oc23)CCC4)O1. The highest BCUT2D eigenvalue weighted by atomic mass is 16.5. The van der Waals surface area contributed by atoms with Gasteiger partial charge in [-0.25, -0.2) is 9.78 Å². The Balaban J connectivity index is 1.35. The molecule has 0 spiro atoms. The number of amides is 1. The zero-order valence-electron chi connectivity index (χ0n) is 19.1. The van der Waals surface area contributed by atoms with Crippen molar-refractivity contribution in [2.45, 2.75) is 51.6 Å². The van der Waals surface area contributed by atoms with Crippen molar-refractivity contribution in [3.05, 3.63) is 57.4 Å². The van der Waals surface area contributed by atoms with E-state index >= 15 is 0 Å². The lowest BCUT2D eigenvalue weighted by Crippen LogP contribution is -2.32. The second-order valence-corrected chi connectivity index (χ2v) is 9.56. The second-order valence-electron chi connectivity index (χ2n) is 9.56. The lowest BCUT2D eigenvalue weighted by atomic mass is 9.91. The number of fused-ring (bicyclic) bond motifs is 6. The van der Waals surface area contributed by atoms with Crippen molar-refractivity contribution in [3.8, 4) is 11.5 Å². The number of ether oxygens (including phenoxy) is 2. The number of nitrogens with zero attached hydrogens (tertiary/aromatic N) is 1. The Kier molecular flexibility index (Phi) is 4.65. The van der Waals surface area contributed by atoms with Gasteiger partial charge in [-0.1, -0.05) is 12.1 Å². The Hall–Kier alpha value is -3.81. The summed E-state index contributed by atoms with van der Waals surface area (Å²) < 4.78 is 18.1.